The van der Waals surface area contributed by atoms with E-state index in [1.807, 2.05) is 19.1 Å². The molecule has 1 aromatic rings. The summed E-state index contributed by atoms with van der Waals surface area (Å²) < 4.78 is 0. The lowest BCUT2D eigenvalue weighted by Crippen LogP contribution is -2.00. The first-order valence-corrected chi connectivity index (χ1v) is 7.84. The first kappa shape index (κ1) is 16.2. The highest BCUT2D eigenvalue weighted by Gasteiger charge is 2.08. The fraction of sp³-hybridized carbons (Fsp3) is 0.706. The Labute approximate surface area is 118 Å². The van der Waals surface area contributed by atoms with Crippen molar-refractivity contribution in [3.05, 3.63) is 29.6 Å². The lowest BCUT2D eigenvalue weighted by atomic mass is 10.0. The van der Waals surface area contributed by atoms with Gasteiger partial charge in [0.2, 0.25) is 0 Å². The van der Waals surface area contributed by atoms with Crippen LogP contribution in [0.15, 0.2) is 18.3 Å². The number of hydrogen-bond acceptors (Lipinski definition) is 2. The van der Waals surface area contributed by atoms with Gasteiger partial charge < -0.3 is 5.11 Å². The average molecular weight is 263 g/mol. The van der Waals surface area contributed by atoms with E-state index in [1.165, 1.54) is 50.5 Å². The van der Waals surface area contributed by atoms with Crippen LogP contribution in [0.3, 0.4) is 0 Å². The molecule has 1 atom stereocenters. The van der Waals surface area contributed by atoms with E-state index >= 15 is 0 Å². The van der Waals surface area contributed by atoms with Crippen molar-refractivity contribution in [2.24, 2.45) is 0 Å². The van der Waals surface area contributed by atoms with Crippen LogP contribution in [-0.2, 0) is 0 Å². The summed E-state index contributed by atoms with van der Waals surface area (Å²) in [6.45, 7) is 4.29. The molecule has 0 saturated carbocycles. The number of nitrogens with zero attached hydrogens (tertiary/aromatic N) is 1. The summed E-state index contributed by atoms with van der Waals surface area (Å²) in [5.74, 6) is 0. The van der Waals surface area contributed by atoms with Gasteiger partial charge in [-0.25, -0.2) is 0 Å². The quantitative estimate of drug-likeness (QED) is 0.606. The van der Waals surface area contributed by atoms with E-state index in [4.69, 9.17) is 0 Å². The average Bonchev–Trinajstić information content (AvgIpc) is 2.41. The van der Waals surface area contributed by atoms with Gasteiger partial charge in [-0.15, -0.1) is 0 Å². The molecule has 1 unspecified atom stereocenters. The maximum Gasteiger partial charge on any atom is 0.0959 e. The van der Waals surface area contributed by atoms with Gasteiger partial charge in [-0.1, -0.05) is 58.3 Å². The normalized spacial score (nSPS) is 12.6. The van der Waals surface area contributed by atoms with Crippen LogP contribution in [0.2, 0.25) is 0 Å². The van der Waals surface area contributed by atoms with Gasteiger partial charge in [-0.2, -0.15) is 0 Å². The Bertz CT molecular complexity index is 338. The van der Waals surface area contributed by atoms with Crippen LogP contribution in [0.5, 0.6) is 0 Å². The molecule has 0 aliphatic heterocycles. The molecule has 0 fully saturated rings. The van der Waals surface area contributed by atoms with Crippen molar-refractivity contribution in [3.63, 3.8) is 0 Å². The van der Waals surface area contributed by atoms with Gasteiger partial charge in [-0.05, 0) is 31.0 Å². The molecule has 0 radical (unpaired) electrons. The number of rotatable bonds is 10. The smallest absolute Gasteiger partial charge is 0.0959 e. The molecule has 0 amide bonds. The van der Waals surface area contributed by atoms with Gasteiger partial charge in [-0.3, -0.25) is 4.98 Å². The lowest BCUT2D eigenvalue weighted by molar-refractivity contribution is 0.158. The molecule has 0 spiro atoms. The number of pyridine rings is 1. The third-order valence-corrected chi connectivity index (χ3v) is 3.61. The summed E-state index contributed by atoms with van der Waals surface area (Å²) >= 11 is 0. The van der Waals surface area contributed by atoms with Gasteiger partial charge in [0.25, 0.3) is 0 Å². The number of aliphatic hydroxyl groups is 1. The molecule has 108 valence electrons. The molecule has 0 saturated heterocycles. The summed E-state index contributed by atoms with van der Waals surface area (Å²) in [5.41, 5.74) is 1.99. The van der Waals surface area contributed by atoms with Crippen LogP contribution in [-0.4, -0.2) is 10.1 Å². The van der Waals surface area contributed by atoms with Crippen molar-refractivity contribution >= 4 is 0 Å². The number of aryl methyl sites for hydroxylation is 1. The summed E-state index contributed by atoms with van der Waals surface area (Å²) in [6.07, 6.45) is 12.7. The van der Waals surface area contributed by atoms with Gasteiger partial charge in [0.1, 0.15) is 0 Å². The molecule has 2 nitrogen and oxygen atoms in total. The van der Waals surface area contributed by atoms with E-state index in [0.717, 1.165) is 18.5 Å². The van der Waals surface area contributed by atoms with Gasteiger partial charge >= 0.3 is 0 Å². The minimum absolute atomic E-state index is 0.389. The molecule has 0 bridgehead atoms. The topological polar surface area (TPSA) is 33.1 Å². The van der Waals surface area contributed by atoms with Crippen LogP contribution in [0.1, 0.15) is 82.1 Å². The predicted octanol–water partition coefficient (Wildman–Crippen LogP) is 4.95. The van der Waals surface area contributed by atoms with Crippen molar-refractivity contribution < 1.29 is 5.11 Å². The number of hydrogen-bond donors (Lipinski definition) is 1. The van der Waals surface area contributed by atoms with Crippen molar-refractivity contribution in [2.75, 3.05) is 0 Å². The fourth-order valence-corrected chi connectivity index (χ4v) is 2.36. The van der Waals surface area contributed by atoms with Gasteiger partial charge in [0, 0.05) is 6.20 Å². The Morgan fingerprint density at radius 3 is 2.32 bits per heavy atom. The summed E-state index contributed by atoms with van der Waals surface area (Å²) in [5, 5.41) is 10.1. The van der Waals surface area contributed by atoms with Gasteiger partial charge in [0.15, 0.2) is 0 Å². The molecular weight excluding hydrogens is 234 g/mol. The third-order valence-electron chi connectivity index (χ3n) is 3.61. The Hall–Kier alpha value is -0.890. The van der Waals surface area contributed by atoms with Crippen LogP contribution < -0.4 is 0 Å². The largest absolute Gasteiger partial charge is 0.387 e. The van der Waals surface area contributed by atoms with Crippen LogP contribution >= 0.6 is 0 Å². The van der Waals surface area contributed by atoms with E-state index in [2.05, 4.69) is 11.9 Å². The Kier molecular flexibility index (Phi) is 8.48. The number of unbranched alkanes of at least 4 members (excludes halogenated alkanes) is 7. The SMILES string of the molecule is CCCCCCCCCCC(O)c1cc(C)ccn1. The molecular formula is C17H29NO. The third kappa shape index (κ3) is 7.31. The zero-order chi connectivity index (χ0) is 13.9. The maximum atomic E-state index is 10.1. The summed E-state index contributed by atoms with van der Waals surface area (Å²) in [4.78, 5) is 4.24. The molecule has 0 aliphatic carbocycles. The summed E-state index contributed by atoms with van der Waals surface area (Å²) in [6, 6.07) is 3.95. The monoisotopic (exact) mass is 263 g/mol. The van der Waals surface area contributed by atoms with Crippen LogP contribution in [0, 0.1) is 6.92 Å². The van der Waals surface area contributed by atoms with Crippen molar-refractivity contribution in [2.45, 2.75) is 77.7 Å². The number of aromatic nitrogens is 1. The van der Waals surface area contributed by atoms with E-state index in [1.54, 1.807) is 6.20 Å². The molecule has 1 N–H and O–H groups in total. The molecule has 1 aromatic heterocycles. The minimum atomic E-state index is -0.389. The molecule has 0 aromatic carbocycles. The van der Waals surface area contributed by atoms with E-state index in [9.17, 15) is 5.11 Å². The second kappa shape index (κ2) is 9.96. The molecule has 1 heterocycles. The van der Waals surface area contributed by atoms with E-state index in [0.29, 0.717) is 0 Å². The molecule has 2 heteroatoms. The standard InChI is InChI=1S/C17H29NO/c1-3-4-5-6-7-8-9-10-11-17(19)16-14-15(2)12-13-18-16/h12-14,17,19H,3-11H2,1-2H3. The van der Waals surface area contributed by atoms with E-state index in [-0.39, 0.29) is 6.10 Å². The van der Waals surface area contributed by atoms with Crippen molar-refractivity contribution in [1.82, 2.24) is 4.98 Å². The fourth-order valence-electron chi connectivity index (χ4n) is 2.36. The molecule has 19 heavy (non-hydrogen) atoms. The highest BCUT2D eigenvalue weighted by atomic mass is 16.3. The van der Waals surface area contributed by atoms with Crippen LogP contribution in [0.4, 0.5) is 0 Å². The maximum absolute atomic E-state index is 10.1. The summed E-state index contributed by atoms with van der Waals surface area (Å²) in [7, 11) is 0. The Morgan fingerprint density at radius 1 is 1.05 bits per heavy atom. The molecule has 1 rings (SSSR count). The van der Waals surface area contributed by atoms with Crippen molar-refractivity contribution in [1.29, 1.82) is 0 Å². The second-order valence-electron chi connectivity index (χ2n) is 5.54. The van der Waals surface area contributed by atoms with E-state index < -0.39 is 0 Å². The predicted molar refractivity (Wildman–Crippen MR) is 81.2 cm³/mol. The molecule has 0 aliphatic rings. The first-order chi connectivity index (χ1) is 9.24. The number of aliphatic hydroxyl groups excluding tert-OH is 1. The zero-order valence-corrected chi connectivity index (χ0v) is 12.6. The first-order valence-electron chi connectivity index (χ1n) is 7.84. The van der Waals surface area contributed by atoms with Crippen LogP contribution in [0.25, 0.3) is 0 Å². The minimum Gasteiger partial charge on any atom is -0.387 e. The Balaban J connectivity index is 2.06. The second-order valence-corrected chi connectivity index (χ2v) is 5.54. The zero-order valence-electron chi connectivity index (χ0n) is 12.6. The van der Waals surface area contributed by atoms with Gasteiger partial charge in [0.05, 0.1) is 11.8 Å². The van der Waals surface area contributed by atoms with Crippen molar-refractivity contribution in [3.8, 4) is 0 Å². The highest BCUT2D eigenvalue weighted by molar-refractivity contribution is 5.15. The Morgan fingerprint density at radius 2 is 1.68 bits per heavy atom. The lowest BCUT2D eigenvalue weighted by Gasteiger charge is -2.10. The highest BCUT2D eigenvalue weighted by Crippen LogP contribution is 2.19.